The van der Waals surface area contributed by atoms with Crippen molar-refractivity contribution in [1.82, 2.24) is 14.6 Å². The minimum atomic E-state index is 0.436. The molecule has 3 aromatic rings. The lowest BCUT2D eigenvalue weighted by Gasteiger charge is -1.89. The van der Waals surface area contributed by atoms with Crippen LogP contribution in [0.2, 0.25) is 5.15 Å². The average Bonchev–Trinajstić information content (AvgIpc) is 2.84. The molecular weight excluding hydrogens is 214 g/mol. The van der Waals surface area contributed by atoms with Gasteiger partial charge in [-0.3, -0.25) is 0 Å². The first-order valence-corrected chi connectivity index (χ1v) is 4.76. The fraction of sp³-hybridized carbons (Fsp3) is 0. The molecule has 0 spiro atoms. The number of furan rings is 1. The van der Waals surface area contributed by atoms with Crippen molar-refractivity contribution < 1.29 is 4.42 Å². The summed E-state index contributed by atoms with van der Waals surface area (Å²) in [4.78, 5) is 4.34. The van der Waals surface area contributed by atoms with Crippen LogP contribution in [-0.2, 0) is 0 Å². The van der Waals surface area contributed by atoms with Gasteiger partial charge in [0.25, 0.3) is 0 Å². The Bertz CT molecular complexity index is 600. The molecule has 0 aliphatic heterocycles. The highest BCUT2D eigenvalue weighted by atomic mass is 35.5. The maximum Gasteiger partial charge on any atom is 0.154 e. The molecule has 0 aromatic carbocycles. The van der Waals surface area contributed by atoms with Crippen molar-refractivity contribution >= 4 is 17.2 Å². The smallest absolute Gasteiger partial charge is 0.154 e. The number of aromatic nitrogens is 3. The molecule has 3 aromatic heterocycles. The van der Waals surface area contributed by atoms with Crippen LogP contribution in [0.5, 0.6) is 0 Å². The van der Waals surface area contributed by atoms with E-state index >= 15 is 0 Å². The average molecular weight is 220 g/mol. The summed E-state index contributed by atoms with van der Waals surface area (Å²) in [5.41, 5.74) is 1.49. The van der Waals surface area contributed by atoms with E-state index in [0.29, 0.717) is 5.15 Å². The van der Waals surface area contributed by atoms with Crippen molar-refractivity contribution in [3.63, 3.8) is 0 Å². The molecule has 0 N–H and O–H groups in total. The number of hydrogen-bond donors (Lipinski definition) is 0. The molecule has 0 amide bonds. The Kier molecular flexibility index (Phi) is 1.76. The zero-order chi connectivity index (χ0) is 10.3. The van der Waals surface area contributed by atoms with Crippen LogP contribution >= 0.6 is 11.6 Å². The Morgan fingerprint density at radius 2 is 2.20 bits per heavy atom. The largest absolute Gasteiger partial charge is 0.463 e. The van der Waals surface area contributed by atoms with Crippen molar-refractivity contribution in [3.8, 4) is 11.5 Å². The van der Waals surface area contributed by atoms with Gasteiger partial charge in [0.2, 0.25) is 0 Å². The summed E-state index contributed by atoms with van der Waals surface area (Å²) in [6.07, 6.45) is 3.39. The molecule has 0 saturated carbocycles. The lowest BCUT2D eigenvalue weighted by molar-refractivity contribution is 0.580. The number of halogens is 1. The highest BCUT2D eigenvalue weighted by Crippen LogP contribution is 2.19. The lowest BCUT2D eigenvalue weighted by Crippen LogP contribution is -1.88. The zero-order valence-corrected chi connectivity index (χ0v) is 8.35. The van der Waals surface area contributed by atoms with Crippen LogP contribution in [0, 0.1) is 0 Å². The van der Waals surface area contributed by atoms with Crippen LogP contribution in [0.25, 0.3) is 17.1 Å². The Labute approximate surface area is 90.1 Å². The van der Waals surface area contributed by atoms with Crippen LogP contribution in [-0.4, -0.2) is 14.6 Å². The molecule has 0 saturated heterocycles. The van der Waals surface area contributed by atoms with Crippen LogP contribution in [0.15, 0.2) is 41.1 Å². The summed E-state index contributed by atoms with van der Waals surface area (Å²) in [6.45, 7) is 0. The number of fused-ring (bicyclic) bond motifs is 1. The number of imidazole rings is 1. The third-order valence-electron chi connectivity index (χ3n) is 2.06. The Morgan fingerprint density at radius 3 is 3.00 bits per heavy atom. The molecule has 0 bridgehead atoms. The van der Waals surface area contributed by atoms with Crippen LogP contribution in [0.1, 0.15) is 0 Å². The van der Waals surface area contributed by atoms with Gasteiger partial charge in [-0.05, 0) is 24.3 Å². The monoisotopic (exact) mass is 219 g/mol. The Balaban J connectivity index is 2.22. The highest BCUT2D eigenvalue weighted by Gasteiger charge is 2.06. The predicted molar refractivity (Wildman–Crippen MR) is 55.7 cm³/mol. The van der Waals surface area contributed by atoms with Gasteiger partial charge in [0.15, 0.2) is 11.4 Å². The van der Waals surface area contributed by atoms with E-state index in [0.717, 1.165) is 17.1 Å². The summed E-state index contributed by atoms with van der Waals surface area (Å²) in [7, 11) is 0. The van der Waals surface area contributed by atoms with Crippen LogP contribution in [0.3, 0.4) is 0 Å². The lowest BCUT2D eigenvalue weighted by atomic mass is 10.4. The summed E-state index contributed by atoms with van der Waals surface area (Å²) < 4.78 is 6.87. The molecule has 0 radical (unpaired) electrons. The van der Waals surface area contributed by atoms with Crippen molar-refractivity contribution in [1.29, 1.82) is 0 Å². The first-order valence-electron chi connectivity index (χ1n) is 4.39. The molecular formula is C10H6ClN3O. The van der Waals surface area contributed by atoms with Gasteiger partial charge in [-0.25, -0.2) is 9.50 Å². The number of rotatable bonds is 1. The third-order valence-corrected chi connectivity index (χ3v) is 2.26. The maximum atomic E-state index is 5.77. The van der Waals surface area contributed by atoms with E-state index in [9.17, 15) is 0 Å². The number of nitrogens with zero attached hydrogens (tertiary/aromatic N) is 3. The van der Waals surface area contributed by atoms with Gasteiger partial charge in [0.05, 0.1) is 12.5 Å². The van der Waals surface area contributed by atoms with Gasteiger partial charge in [-0.1, -0.05) is 11.6 Å². The minimum Gasteiger partial charge on any atom is -0.463 e. The van der Waals surface area contributed by atoms with E-state index in [-0.39, 0.29) is 0 Å². The minimum absolute atomic E-state index is 0.436. The first-order chi connectivity index (χ1) is 7.33. The second kappa shape index (κ2) is 3.10. The SMILES string of the molecule is Clc1ccc2nc(-c3ccco3)cn2n1. The molecule has 5 heteroatoms. The predicted octanol–water partition coefficient (Wildman–Crippen LogP) is 2.64. The first kappa shape index (κ1) is 8.49. The molecule has 3 rings (SSSR count). The second-order valence-corrected chi connectivity index (χ2v) is 3.45. The van der Waals surface area contributed by atoms with Crippen molar-refractivity contribution in [2.45, 2.75) is 0 Å². The summed E-state index contributed by atoms with van der Waals surface area (Å²) in [6, 6.07) is 7.18. The summed E-state index contributed by atoms with van der Waals surface area (Å²) in [5.74, 6) is 0.719. The van der Waals surface area contributed by atoms with E-state index in [1.807, 2.05) is 18.2 Å². The van der Waals surface area contributed by atoms with Gasteiger partial charge in [-0.15, -0.1) is 0 Å². The zero-order valence-electron chi connectivity index (χ0n) is 7.59. The Morgan fingerprint density at radius 1 is 1.27 bits per heavy atom. The van der Waals surface area contributed by atoms with Gasteiger partial charge >= 0.3 is 0 Å². The van der Waals surface area contributed by atoms with Gasteiger partial charge < -0.3 is 4.42 Å². The number of hydrogen-bond acceptors (Lipinski definition) is 3. The topological polar surface area (TPSA) is 43.3 Å². The van der Waals surface area contributed by atoms with Crippen molar-refractivity contribution in [2.24, 2.45) is 0 Å². The molecule has 15 heavy (non-hydrogen) atoms. The fourth-order valence-corrected chi connectivity index (χ4v) is 1.55. The van der Waals surface area contributed by atoms with Crippen LogP contribution in [0.4, 0.5) is 0 Å². The fourth-order valence-electron chi connectivity index (χ4n) is 1.40. The van der Waals surface area contributed by atoms with Gasteiger partial charge in [0, 0.05) is 0 Å². The molecule has 0 fully saturated rings. The molecule has 0 atom stereocenters. The molecule has 0 aliphatic carbocycles. The van der Waals surface area contributed by atoms with Crippen molar-refractivity contribution in [2.75, 3.05) is 0 Å². The quantitative estimate of drug-likeness (QED) is 0.632. The van der Waals surface area contributed by atoms with E-state index < -0.39 is 0 Å². The summed E-state index contributed by atoms with van der Waals surface area (Å²) >= 11 is 5.77. The van der Waals surface area contributed by atoms with Gasteiger partial charge in [-0.2, -0.15) is 5.10 Å². The van der Waals surface area contributed by atoms with E-state index in [4.69, 9.17) is 16.0 Å². The highest BCUT2D eigenvalue weighted by molar-refractivity contribution is 6.29. The second-order valence-electron chi connectivity index (χ2n) is 3.06. The van der Waals surface area contributed by atoms with E-state index in [2.05, 4.69) is 10.1 Å². The summed E-state index contributed by atoms with van der Waals surface area (Å²) in [5, 5.41) is 4.52. The molecule has 74 valence electrons. The molecule has 0 unspecified atom stereocenters. The Hall–Kier alpha value is -1.81. The van der Waals surface area contributed by atoms with Crippen molar-refractivity contribution in [3.05, 3.63) is 41.9 Å². The molecule has 0 aliphatic rings. The maximum absolute atomic E-state index is 5.77. The standard InChI is InChI=1S/C10H6ClN3O/c11-9-3-4-10-12-7(6-14(10)13-9)8-2-1-5-15-8/h1-6H. The van der Waals surface area contributed by atoms with Gasteiger partial charge in [0.1, 0.15) is 10.8 Å². The molecule has 3 heterocycles. The normalized spacial score (nSPS) is 11.0. The van der Waals surface area contributed by atoms with E-state index in [1.165, 1.54) is 0 Å². The molecule has 4 nitrogen and oxygen atoms in total. The van der Waals surface area contributed by atoms with E-state index in [1.54, 1.807) is 23.0 Å². The third kappa shape index (κ3) is 1.39. The van der Waals surface area contributed by atoms with Crippen LogP contribution < -0.4 is 0 Å².